The second-order valence-electron chi connectivity index (χ2n) is 4.90. The summed E-state index contributed by atoms with van der Waals surface area (Å²) in [6.45, 7) is 4.52. The number of hydrogen-bond donors (Lipinski definition) is 1. The van der Waals surface area contributed by atoms with Gasteiger partial charge >= 0.3 is 0 Å². The second kappa shape index (κ2) is 6.02. The Morgan fingerprint density at radius 3 is 2.95 bits per heavy atom. The number of nitrogens with one attached hydrogen (secondary N) is 1. The third-order valence-electron chi connectivity index (χ3n) is 3.68. The van der Waals surface area contributed by atoms with Gasteiger partial charge in [0.1, 0.15) is 0 Å². The summed E-state index contributed by atoms with van der Waals surface area (Å²) in [4.78, 5) is 4.02. The molecule has 6 nitrogen and oxygen atoms in total. The molecule has 2 rings (SSSR count). The molecule has 0 spiro atoms. The molecule has 1 aromatic rings. The lowest BCUT2D eigenvalue weighted by Gasteiger charge is -2.25. The van der Waals surface area contributed by atoms with E-state index < -0.39 is 10.0 Å². The van der Waals surface area contributed by atoms with Gasteiger partial charge in [0.15, 0.2) is 5.03 Å². The first kappa shape index (κ1) is 14.5. The molecular weight excluding hydrogens is 264 g/mol. The van der Waals surface area contributed by atoms with Crippen LogP contribution in [0.15, 0.2) is 17.6 Å². The van der Waals surface area contributed by atoms with Crippen molar-refractivity contribution in [3.8, 4) is 0 Å². The van der Waals surface area contributed by atoms with Crippen molar-refractivity contribution in [1.29, 1.82) is 0 Å². The minimum Gasteiger partial charge on any atom is -0.336 e. The maximum absolute atomic E-state index is 12.5. The van der Waals surface area contributed by atoms with E-state index in [0.717, 1.165) is 38.9 Å². The summed E-state index contributed by atoms with van der Waals surface area (Å²) in [6, 6.07) is 0.0618. The lowest BCUT2D eigenvalue weighted by molar-refractivity contribution is 0.340. The van der Waals surface area contributed by atoms with Gasteiger partial charge in [0.05, 0.1) is 6.33 Å². The Morgan fingerprint density at radius 2 is 2.26 bits per heavy atom. The number of nitrogens with zero attached hydrogens (tertiary/aromatic N) is 3. The third-order valence-corrected chi connectivity index (χ3v) is 5.47. The first-order valence-corrected chi connectivity index (χ1v) is 8.20. The average Bonchev–Trinajstić information content (AvgIpc) is 2.74. The highest BCUT2D eigenvalue weighted by Gasteiger charge is 2.29. The molecule has 19 heavy (non-hydrogen) atoms. The highest BCUT2D eigenvalue weighted by molar-refractivity contribution is 7.89. The molecule has 1 saturated heterocycles. The SMILES string of the molecule is CCn1cnc(S(=O)(=O)N(C)C2CCCNCC2)c1. The Bertz CT molecular complexity index is 504. The predicted octanol–water partition coefficient (Wildman–Crippen LogP) is 0.666. The highest BCUT2D eigenvalue weighted by Crippen LogP contribution is 2.20. The molecule has 1 aromatic heterocycles. The lowest BCUT2D eigenvalue weighted by Crippen LogP contribution is -2.37. The Hall–Kier alpha value is -0.920. The first-order valence-electron chi connectivity index (χ1n) is 6.76. The van der Waals surface area contributed by atoms with Gasteiger partial charge in [-0.15, -0.1) is 0 Å². The molecule has 1 unspecified atom stereocenters. The van der Waals surface area contributed by atoms with Crippen LogP contribution in [-0.2, 0) is 16.6 Å². The van der Waals surface area contributed by atoms with Crippen molar-refractivity contribution >= 4 is 10.0 Å². The summed E-state index contributed by atoms with van der Waals surface area (Å²) < 4.78 is 28.3. The molecule has 2 heterocycles. The van der Waals surface area contributed by atoms with E-state index in [0.29, 0.717) is 0 Å². The molecule has 1 aliphatic heterocycles. The van der Waals surface area contributed by atoms with Gasteiger partial charge in [-0.05, 0) is 39.3 Å². The Labute approximate surface area is 114 Å². The maximum atomic E-state index is 12.5. The summed E-state index contributed by atoms with van der Waals surface area (Å²) in [5.74, 6) is 0. The zero-order chi connectivity index (χ0) is 13.9. The fourth-order valence-corrected chi connectivity index (χ4v) is 3.70. The van der Waals surface area contributed by atoms with E-state index in [1.165, 1.54) is 4.31 Å². The van der Waals surface area contributed by atoms with Gasteiger partial charge in [-0.3, -0.25) is 0 Å². The zero-order valence-corrected chi connectivity index (χ0v) is 12.4. The van der Waals surface area contributed by atoms with Crippen molar-refractivity contribution in [1.82, 2.24) is 19.2 Å². The van der Waals surface area contributed by atoms with Crippen LogP contribution in [0.25, 0.3) is 0 Å². The number of rotatable bonds is 4. The summed E-state index contributed by atoms with van der Waals surface area (Å²) in [5.41, 5.74) is 0. The van der Waals surface area contributed by atoms with Gasteiger partial charge in [0, 0.05) is 25.8 Å². The van der Waals surface area contributed by atoms with Gasteiger partial charge < -0.3 is 9.88 Å². The monoisotopic (exact) mass is 286 g/mol. The van der Waals surface area contributed by atoms with E-state index in [1.54, 1.807) is 24.1 Å². The molecule has 1 atom stereocenters. The minimum atomic E-state index is -3.47. The number of hydrogen-bond acceptors (Lipinski definition) is 4. The highest BCUT2D eigenvalue weighted by atomic mass is 32.2. The molecule has 0 amide bonds. The van der Waals surface area contributed by atoms with Crippen LogP contribution in [0.5, 0.6) is 0 Å². The van der Waals surface area contributed by atoms with Crippen LogP contribution in [0.3, 0.4) is 0 Å². The zero-order valence-electron chi connectivity index (χ0n) is 11.5. The molecule has 1 N–H and O–H groups in total. The van der Waals surface area contributed by atoms with Crippen LogP contribution in [0.2, 0.25) is 0 Å². The van der Waals surface area contributed by atoms with Crippen LogP contribution < -0.4 is 5.32 Å². The number of aromatic nitrogens is 2. The largest absolute Gasteiger partial charge is 0.336 e. The lowest BCUT2D eigenvalue weighted by atomic mass is 10.1. The van der Waals surface area contributed by atoms with E-state index in [4.69, 9.17) is 0 Å². The molecule has 0 saturated carbocycles. The fourth-order valence-electron chi connectivity index (χ4n) is 2.35. The van der Waals surface area contributed by atoms with Gasteiger partial charge in [-0.1, -0.05) is 0 Å². The standard InChI is InChI=1S/C12H22N4O2S/c1-3-16-9-12(14-10-16)19(17,18)15(2)11-5-4-7-13-8-6-11/h9-11,13H,3-8H2,1-2H3. The van der Waals surface area contributed by atoms with E-state index in [2.05, 4.69) is 10.3 Å². The molecule has 1 fully saturated rings. The van der Waals surface area contributed by atoms with E-state index in [9.17, 15) is 8.42 Å². The second-order valence-corrected chi connectivity index (χ2v) is 6.84. The van der Waals surface area contributed by atoms with Gasteiger partial charge in [0.25, 0.3) is 10.0 Å². The van der Waals surface area contributed by atoms with Crippen molar-refractivity contribution < 1.29 is 8.42 Å². The van der Waals surface area contributed by atoms with Crippen molar-refractivity contribution in [2.45, 2.75) is 43.8 Å². The van der Waals surface area contributed by atoms with Gasteiger partial charge in [-0.2, -0.15) is 4.31 Å². The summed E-state index contributed by atoms with van der Waals surface area (Å²) in [6.07, 6.45) is 5.92. The quantitative estimate of drug-likeness (QED) is 0.883. The van der Waals surface area contributed by atoms with Gasteiger partial charge in [-0.25, -0.2) is 13.4 Å². The van der Waals surface area contributed by atoms with Crippen LogP contribution >= 0.6 is 0 Å². The minimum absolute atomic E-state index is 0.0618. The van der Waals surface area contributed by atoms with Crippen molar-refractivity contribution in [2.24, 2.45) is 0 Å². The predicted molar refractivity (Wildman–Crippen MR) is 73.4 cm³/mol. The third kappa shape index (κ3) is 3.16. The van der Waals surface area contributed by atoms with E-state index in [1.807, 2.05) is 6.92 Å². The number of imidazole rings is 1. The van der Waals surface area contributed by atoms with Crippen molar-refractivity contribution in [3.63, 3.8) is 0 Å². The van der Waals surface area contributed by atoms with Crippen LogP contribution in [0.4, 0.5) is 0 Å². The molecular formula is C12H22N4O2S. The Morgan fingerprint density at radius 1 is 1.47 bits per heavy atom. The summed E-state index contributed by atoms with van der Waals surface area (Å²) in [7, 11) is -1.81. The number of sulfonamides is 1. The van der Waals surface area contributed by atoms with Crippen molar-refractivity contribution in [2.75, 3.05) is 20.1 Å². The van der Waals surface area contributed by atoms with Crippen LogP contribution in [0, 0.1) is 0 Å². The number of aryl methyl sites for hydroxylation is 1. The fraction of sp³-hybridized carbons (Fsp3) is 0.750. The van der Waals surface area contributed by atoms with E-state index >= 15 is 0 Å². The Kier molecular flexibility index (Phi) is 4.59. The topological polar surface area (TPSA) is 67.2 Å². The molecule has 7 heteroatoms. The molecule has 0 bridgehead atoms. The molecule has 0 aliphatic carbocycles. The first-order chi connectivity index (χ1) is 9.05. The van der Waals surface area contributed by atoms with Crippen LogP contribution in [0.1, 0.15) is 26.2 Å². The van der Waals surface area contributed by atoms with Crippen molar-refractivity contribution in [3.05, 3.63) is 12.5 Å². The van der Waals surface area contributed by atoms with Gasteiger partial charge in [0.2, 0.25) is 0 Å². The normalized spacial score (nSPS) is 21.5. The Balaban J connectivity index is 2.17. The average molecular weight is 286 g/mol. The molecule has 1 aliphatic rings. The molecule has 0 radical (unpaired) electrons. The van der Waals surface area contributed by atoms with Crippen LogP contribution in [-0.4, -0.2) is 48.5 Å². The molecule has 0 aromatic carbocycles. The molecule has 108 valence electrons. The van der Waals surface area contributed by atoms with E-state index in [-0.39, 0.29) is 11.1 Å². The summed E-state index contributed by atoms with van der Waals surface area (Å²) in [5, 5.41) is 3.44. The smallest absolute Gasteiger partial charge is 0.262 e. The maximum Gasteiger partial charge on any atom is 0.262 e. The summed E-state index contributed by atoms with van der Waals surface area (Å²) >= 11 is 0.